The minimum Gasteiger partial charge on any atom is -0.495 e. The van der Waals surface area contributed by atoms with E-state index in [1.807, 2.05) is 11.4 Å². The molecule has 2 aromatic carbocycles. The number of hydrogen-bond donors (Lipinski definition) is 1. The molecule has 3 aromatic rings. The van der Waals surface area contributed by atoms with Gasteiger partial charge < -0.3 is 4.74 Å². The van der Waals surface area contributed by atoms with E-state index in [0.29, 0.717) is 26.5 Å². The molecule has 0 aliphatic heterocycles. The molecular formula is C17H12Cl2N2O2S. The summed E-state index contributed by atoms with van der Waals surface area (Å²) in [5, 5.41) is 6.23. The maximum atomic E-state index is 12.2. The molecule has 1 heterocycles. The second-order valence-electron chi connectivity index (χ2n) is 4.85. The van der Waals surface area contributed by atoms with Gasteiger partial charge in [-0.15, -0.1) is 11.3 Å². The zero-order chi connectivity index (χ0) is 17.1. The van der Waals surface area contributed by atoms with Gasteiger partial charge in [0.05, 0.1) is 17.8 Å². The van der Waals surface area contributed by atoms with Crippen molar-refractivity contribution in [3.05, 3.63) is 63.5 Å². The molecule has 0 spiro atoms. The molecule has 0 radical (unpaired) electrons. The van der Waals surface area contributed by atoms with Crippen LogP contribution in [0.2, 0.25) is 10.0 Å². The van der Waals surface area contributed by atoms with Crippen LogP contribution < -0.4 is 10.1 Å². The van der Waals surface area contributed by atoms with Crippen LogP contribution in [0.5, 0.6) is 5.75 Å². The number of hydrogen-bond acceptors (Lipinski definition) is 4. The second kappa shape index (κ2) is 7.21. The van der Waals surface area contributed by atoms with Gasteiger partial charge in [0, 0.05) is 21.5 Å². The monoisotopic (exact) mass is 378 g/mol. The van der Waals surface area contributed by atoms with Crippen LogP contribution in [-0.2, 0) is 0 Å². The fourth-order valence-corrected chi connectivity index (χ4v) is 3.16. The minimum absolute atomic E-state index is 0.236. The number of amides is 1. The Morgan fingerprint density at radius 3 is 2.58 bits per heavy atom. The molecule has 0 atom stereocenters. The van der Waals surface area contributed by atoms with Crippen LogP contribution in [-0.4, -0.2) is 18.0 Å². The molecule has 0 saturated heterocycles. The van der Waals surface area contributed by atoms with Crippen LogP contribution >= 0.6 is 34.5 Å². The summed E-state index contributed by atoms with van der Waals surface area (Å²) < 4.78 is 5.13. The van der Waals surface area contributed by atoms with Crippen molar-refractivity contribution >= 4 is 45.6 Å². The Hall–Kier alpha value is -2.08. The van der Waals surface area contributed by atoms with Crippen molar-refractivity contribution in [1.29, 1.82) is 0 Å². The molecule has 24 heavy (non-hydrogen) atoms. The van der Waals surface area contributed by atoms with E-state index in [9.17, 15) is 4.79 Å². The Morgan fingerprint density at radius 1 is 1.17 bits per heavy atom. The summed E-state index contributed by atoms with van der Waals surface area (Å²) in [6, 6.07) is 12.1. The molecule has 3 rings (SSSR count). The van der Waals surface area contributed by atoms with Crippen molar-refractivity contribution in [1.82, 2.24) is 4.98 Å². The van der Waals surface area contributed by atoms with Crippen LogP contribution in [0.3, 0.4) is 0 Å². The van der Waals surface area contributed by atoms with E-state index in [4.69, 9.17) is 27.9 Å². The molecule has 122 valence electrons. The highest BCUT2D eigenvalue weighted by Gasteiger charge is 2.11. The third kappa shape index (κ3) is 3.70. The molecule has 0 aliphatic carbocycles. The lowest BCUT2D eigenvalue weighted by molar-refractivity contribution is 0.102. The third-order valence-corrected chi connectivity index (χ3v) is 4.58. The summed E-state index contributed by atoms with van der Waals surface area (Å²) in [5.74, 6) is 0.368. The average Bonchev–Trinajstić information content (AvgIpc) is 3.04. The molecule has 0 saturated carbocycles. The maximum Gasteiger partial charge on any atom is 0.257 e. The van der Waals surface area contributed by atoms with Gasteiger partial charge in [0.2, 0.25) is 0 Å². The largest absolute Gasteiger partial charge is 0.495 e. The first-order chi connectivity index (χ1) is 11.6. The van der Waals surface area contributed by atoms with Gasteiger partial charge in [-0.3, -0.25) is 10.1 Å². The Balaban J connectivity index is 1.77. The highest BCUT2D eigenvalue weighted by Crippen LogP contribution is 2.31. The number of carbonyl (C=O) groups is 1. The minimum atomic E-state index is -0.236. The third-order valence-electron chi connectivity index (χ3n) is 3.28. The van der Waals surface area contributed by atoms with Gasteiger partial charge in [0.25, 0.3) is 5.91 Å². The standard InChI is InChI=1S/C17H12Cl2N2O2S/c1-23-15-7-4-11(8-13(15)19)14-9-24-17(20-14)21-16(22)10-2-5-12(18)6-3-10/h2-9H,1H3,(H,20,21,22). The Kier molecular flexibility index (Phi) is 5.04. The van der Waals surface area contributed by atoms with Crippen molar-refractivity contribution in [2.75, 3.05) is 12.4 Å². The number of methoxy groups -OCH3 is 1. The first-order valence-corrected chi connectivity index (χ1v) is 8.57. The van der Waals surface area contributed by atoms with Gasteiger partial charge in [-0.05, 0) is 42.5 Å². The topological polar surface area (TPSA) is 51.2 Å². The van der Waals surface area contributed by atoms with E-state index in [0.717, 1.165) is 11.3 Å². The molecule has 0 fully saturated rings. The summed E-state index contributed by atoms with van der Waals surface area (Å²) in [4.78, 5) is 16.6. The lowest BCUT2D eigenvalue weighted by atomic mass is 10.2. The van der Waals surface area contributed by atoms with Crippen LogP contribution in [0.25, 0.3) is 11.3 Å². The van der Waals surface area contributed by atoms with Gasteiger partial charge in [-0.25, -0.2) is 4.98 Å². The fraction of sp³-hybridized carbons (Fsp3) is 0.0588. The summed E-state index contributed by atoms with van der Waals surface area (Å²) >= 11 is 13.3. The number of aromatic nitrogens is 1. The molecule has 0 aliphatic rings. The van der Waals surface area contributed by atoms with Gasteiger partial charge in [-0.1, -0.05) is 23.2 Å². The zero-order valence-electron chi connectivity index (χ0n) is 12.5. The number of nitrogens with zero attached hydrogens (tertiary/aromatic N) is 1. The molecule has 1 aromatic heterocycles. The van der Waals surface area contributed by atoms with E-state index in [1.54, 1.807) is 43.5 Å². The SMILES string of the molecule is COc1ccc(-c2csc(NC(=O)c3ccc(Cl)cc3)n2)cc1Cl. The van der Waals surface area contributed by atoms with Crippen LogP contribution in [0, 0.1) is 0 Å². The van der Waals surface area contributed by atoms with E-state index in [-0.39, 0.29) is 5.91 Å². The lowest BCUT2D eigenvalue weighted by Crippen LogP contribution is -2.11. The van der Waals surface area contributed by atoms with Crippen LogP contribution in [0.4, 0.5) is 5.13 Å². The highest BCUT2D eigenvalue weighted by molar-refractivity contribution is 7.14. The van der Waals surface area contributed by atoms with Crippen molar-refractivity contribution in [2.45, 2.75) is 0 Å². The predicted octanol–water partition coefficient (Wildman–Crippen LogP) is 5.38. The second-order valence-corrected chi connectivity index (χ2v) is 6.55. The lowest BCUT2D eigenvalue weighted by Gasteiger charge is -2.04. The van der Waals surface area contributed by atoms with Gasteiger partial charge in [-0.2, -0.15) is 0 Å². The number of thiazole rings is 1. The maximum absolute atomic E-state index is 12.2. The first-order valence-electron chi connectivity index (χ1n) is 6.93. The zero-order valence-corrected chi connectivity index (χ0v) is 14.9. The Bertz CT molecular complexity index is 879. The number of rotatable bonds is 4. The fourth-order valence-electron chi connectivity index (χ4n) is 2.06. The van der Waals surface area contributed by atoms with Gasteiger partial charge in [0.15, 0.2) is 5.13 Å². The normalized spacial score (nSPS) is 10.5. The van der Waals surface area contributed by atoms with Crippen molar-refractivity contribution in [3.8, 4) is 17.0 Å². The summed E-state index contributed by atoms with van der Waals surface area (Å²) in [7, 11) is 1.56. The average molecular weight is 379 g/mol. The Labute approximate surface area is 153 Å². The number of anilines is 1. The predicted molar refractivity (Wildman–Crippen MR) is 98.5 cm³/mol. The van der Waals surface area contributed by atoms with Crippen molar-refractivity contribution in [3.63, 3.8) is 0 Å². The molecule has 1 N–H and O–H groups in total. The molecule has 1 amide bonds. The van der Waals surface area contributed by atoms with E-state index in [2.05, 4.69) is 10.3 Å². The molecule has 0 unspecified atom stereocenters. The molecule has 7 heteroatoms. The number of nitrogens with one attached hydrogen (secondary N) is 1. The molecular weight excluding hydrogens is 367 g/mol. The number of carbonyl (C=O) groups excluding carboxylic acids is 1. The van der Waals surface area contributed by atoms with E-state index < -0.39 is 0 Å². The quantitative estimate of drug-likeness (QED) is 0.662. The highest BCUT2D eigenvalue weighted by atomic mass is 35.5. The van der Waals surface area contributed by atoms with E-state index >= 15 is 0 Å². The molecule has 4 nitrogen and oxygen atoms in total. The first kappa shape index (κ1) is 16.8. The van der Waals surface area contributed by atoms with Gasteiger partial charge in [0.1, 0.15) is 5.75 Å². The summed E-state index contributed by atoms with van der Waals surface area (Å²) in [5.41, 5.74) is 2.10. The Morgan fingerprint density at radius 2 is 1.92 bits per heavy atom. The van der Waals surface area contributed by atoms with E-state index in [1.165, 1.54) is 11.3 Å². The van der Waals surface area contributed by atoms with Gasteiger partial charge >= 0.3 is 0 Å². The summed E-state index contributed by atoms with van der Waals surface area (Å²) in [6.45, 7) is 0. The summed E-state index contributed by atoms with van der Waals surface area (Å²) in [6.07, 6.45) is 0. The van der Waals surface area contributed by atoms with Crippen LogP contribution in [0.1, 0.15) is 10.4 Å². The van der Waals surface area contributed by atoms with Crippen molar-refractivity contribution < 1.29 is 9.53 Å². The van der Waals surface area contributed by atoms with Crippen LogP contribution in [0.15, 0.2) is 47.8 Å². The number of benzene rings is 2. The molecule has 0 bridgehead atoms. The smallest absolute Gasteiger partial charge is 0.257 e. The number of halogens is 2. The van der Waals surface area contributed by atoms with Crippen molar-refractivity contribution in [2.24, 2.45) is 0 Å². The number of ether oxygens (including phenoxy) is 1.